The third-order valence-electron chi connectivity index (χ3n) is 2.29. The predicted molar refractivity (Wildman–Crippen MR) is 78.3 cm³/mol. The first-order valence-electron chi connectivity index (χ1n) is 5.05. The van der Waals surface area contributed by atoms with E-state index in [1.807, 2.05) is 0 Å². The number of nitrogens with one attached hydrogen (secondary N) is 1. The first-order chi connectivity index (χ1) is 8.97. The van der Waals surface area contributed by atoms with E-state index in [9.17, 15) is 14.0 Å². The summed E-state index contributed by atoms with van der Waals surface area (Å²) >= 11 is 3.46. The maximum atomic E-state index is 13.1. The fourth-order valence-corrected chi connectivity index (χ4v) is 2.76. The summed E-state index contributed by atoms with van der Waals surface area (Å²) in [6.07, 6.45) is 0. The van der Waals surface area contributed by atoms with Gasteiger partial charge in [-0.25, -0.2) is 9.18 Å². The van der Waals surface area contributed by atoms with E-state index in [4.69, 9.17) is 5.11 Å². The Balaban J connectivity index is 2.30. The summed E-state index contributed by atoms with van der Waals surface area (Å²) in [5, 5.41) is 13.0. The summed E-state index contributed by atoms with van der Waals surface area (Å²) in [5.41, 5.74) is 0.202. The molecule has 0 saturated heterocycles. The van der Waals surface area contributed by atoms with Crippen molar-refractivity contribution in [2.75, 3.05) is 5.32 Å². The van der Waals surface area contributed by atoms with Crippen molar-refractivity contribution in [1.82, 2.24) is 0 Å². The van der Waals surface area contributed by atoms with Crippen LogP contribution in [0.5, 0.6) is 0 Å². The third kappa shape index (κ3) is 3.29. The van der Waals surface area contributed by atoms with Crippen LogP contribution in [-0.4, -0.2) is 17.0 Å². The van der Waals surface area contributed by atoms with Gasteiger partial charge in [-0.3, -0.25) is 4.79 Å². The predicted octanol–water partition coefficient (Wildman–Crippen LogP) is 3.44. The van der Waals surface area contributed by atoms with E-state index in [1.165, 1.54) is 11.3 Å². The number of carboxylic acids is 1. The zero-order chi connectivity index (χ0) is 14.0. The lowest BCUT2D eigenvalue weighted by Crippen LogP contribution is -2.14. The van der Waals surface area contributed by atoms with Gasteiger partial charge in [-0.2, -0.15) is 0 Å². The molecule has 1 aromatic carbocycles. The molecule has 0 radical (unpaired) electrons. The van der Waals surface area contributed by atoms with Gasteiger partial charge in [0.2, 0.25) is 0 Å². The van der Waals surface area contributed by atoms with Gasteiger partial charge in [0, 0.05) is 5.38 Å². The van der Waals surface area contributed by atoms with Crippen LogP contribution in [0.2, 0.25) is 0 Å². The summed E-state index contributed by atoms with van der Waals surface area (Å²) in [6, 6.07) is 4.80. The van der Waals surface area contributed by atoms with Gasteiger partial charge in [0.1, 0.15) is 5.82 Å². The monoisotopic (exact) mass is 391 g/mol. The lowest BCUT2D eigenvalue weighted by molar-refractivity contribution is 0.0698. The number of aromatic carboxylic acids is 1. The van der Waals surface area contributed by atoms with Crippen molar-refractivity contribution in [2.24, 2.45) is 0 Å². The van der Waals surface area contributed by atoms with Crippen LogP contribution in [0.3, 0.4) is 0 Å². The summed E-state index contributed by atoms with van der Waals surface area (Å²) in [7, 11) is 0. The van der Waals surface area contributed by atoms with Gasteiger partial charge >= 0.3 is 5.97 Å². The minimum atomic E-state index is -1.23. The number of anilines is 1. The number of amides is 1. The number of carboxylic acid groups (broad SMARTS) is 1. The molecule has 0 fully saturated rings. The Hall–Kier alpha value is -1.48. The van der Waals surface area contributed by atoms with Gasteiger partial charge in [-0.15, -0.1) is 11.3 Å². The van der Waals surface area contributed by atoms with Crippen LogP contribution >= 0.6 is 33.9 Å². The molecule has 1 aromatic heterocycles. The molecular formula is C12H7FINO3S. The molecule has 0 saturated carbocycles. The van der Waals surface area contributed by atoms with Gasteiger partial charge in [0.05, 0.1) is 19.7 Å². The Morgan fingerprint density at radius 3 is 2.63 bits per heavy atom. The molecule has 0 aliphatic carbocycles. The van der Waals surface area contributed by atoms with Crippen molar-refractivity contribution in [3.63, 3.8) is 0 Å². The second kappa shape index (κ2) is 5.66. The second-order valence-electron chi connectivity index (χ2n) is 3.59. The number of hydrogen-bond acceptors (Lipinski definition) is 3. The van der Waals surface area contributed by atoms with E-state index >= 15 is 0 Å². The van der Waals surface area contributed by atoms with Crippen LogP contribution in [0.25, 0.3) is 0 Å². The molecule has 19 heavy (non-hydrogen) atoms. The highest BCUT2D eigenvalue weighted by Crippen LogP contribution is 2.21. The molecule has 7 heteroatoms. The standard InChI is InChI=1S/C12H7FINO3S/c13-7-1-2-8(12(17)18)9(4-7)15-11(16)6-3-10(14)19-5-6/h1-5H,(H,15,16)(H,17,18). The SMILES string of the molecule is O=C(Nc1cc(F)ccc1C(=O)O)c1csc(I)c1. The molecule has 0 aliphatic rings. The molecule has 98 valence electrons. The molecule has 0 aliphatic heterocycles. The number of halogens is 2. The number of carbonyl (C=O) groups excluding carboxylic acids is 1. The van der Waals surface area contributed by atoms with Crippen LogP contribution < -0.4 is 5.32 Å². The van der Waals surface area contributed by atoms with E-state index < -0.39 is 17.7 Å². The quantitative estimate of drug-likeness (QED) is 0.788. The van der Waals surface area contributed by atoms with Crippen molar-refractivity contribution >= 4 is 51.5 Å². The normalized spacial score (nSPS) is 10.2. The summed E-state index contributed by atoms with van der Waals surface area (Å²) in [6.45, 7) is 0. The fourth-order valence-electron chi connectivity index (χ4n) is 1.43. The maximum Gasteiger partial charge on any atom is 0.337 e. The van der Waals surface area contributed by atoms with Crippen LogP contribution in [0.15, 0.2) is 29.6 Å². The lowest BCUT2D eigenvalue weighted by Gasteiger charge is -2.07. The largest absolute Gasteiger partial charge is 0.478 e. The molecular weight excluding hydrogens is 384 g/mol. The zero-order valence-corrected chi connectivity index (χ0v) is 12.3. The van der Waals surface area contributed by atoms with Crippen molar-refractivity contribution < 1.29 is 19.1 Å². The van der Waals surface area contributed by atoms with Crippen molar-refractivity contribution in [2.45, 2.75) is 0 Å². The lowest BCUT2D eigenvalue weighted by atomic mass is 10.1. The summed E-state index contributed by atoms with van der Waals surface area (Å²) in [5.74, 6) is -2.30. The first-order valence-corrected chi connectivity index (χ1v) is 7.01. The number of benzene rings is 1. The Labute approximate surface area is 125 Å². The van der Waals surface area contributed by atoms with Gasteiger partial charge in [0.15, 0.2) is 0 Å². The molecule has 1 heterocycles. The van der Waals surface area contributed by atoms with E-state index in [2.05, 4.69) is 27.9 Å². The van der Waals surface area contributed by atoms with Gasteiger partial charge in [-0.05, 0) is 46.9 Å². The molecule has 0 bridgehead atoms. The van der Waals surface area contributed by atoms with Gasteiger partial charge in [0.25, 0.3) is 5.91 Å². The Morgan fingerprint density at radius 1 is 1.32 bits per heavy atom. The van der Waals surface area contributed by atoms with Gasteiger partial charge < -0.3 is 10.4 Å². The minimum absolute atomic E-state index is 0.0568. The Bertz CT molecular complexity index is 656. The van der Waals surface area contributed by atoms with Crippen molar-refractivity contribution in [1.29, 1.82) is 0 Å². The minimum Gasteiger partial charge on any atom is -0.478 e. The number of rotatable bonds is 3. The van der Waals surface area contributed by atoms with E-state index in [0.717, 1.165) is 21.1 Å². The maximum absolute atomic E-state index is 13.1. The van der Waals surface area contributed by atoms with Crippen LogP contribution in [-0.2, 0) is 0 Å². The first kappa shape index (κ1) is 13.9. The highest BCUT2D eigenvalue weighted by Gasteiger charge is 2.15. The highest BCUT2D eigenvalue weighted by atomic mass is 127. The molecule has 4 nitrogen and oxygen atoms in total. The van der Waals surface area contributed by atoms with Crippen LogP contribution in [0.1, 0.15) is 20.7 Å². The topological polar surface area (TPSA) is 66.4 Å². The van der Waals surface area contributed by atoms with Crippen LogP contribution in [0.4, 0.5) is 10.1 Å². The number of thiophene rings is 1. The average molecular weight is 391 g/mol. The zero-order valence-electron chi connectivity index (χ0n) is 9.31. The molecule has 2 N–H and O–H groups in total. The molecule has 0 spiro atoms. The summed E-state index contributed by atoms with van der Waals surface area (Å²) in [4.78, 5) is 22.9. The van der Waals surface area contributed by atoms with E-state index in [0.29, 0.717) is 5.56 Å². The molecule has 2 rings (SSSR count). The molecule has 2 aromatic rings. The number of hydrogen-bond donors (Lipinski definition) is 2. The summed E-state index contributed by atoms with van der Waals surface area (Å²) < 4.78 is 14.1. The van der Waals surface area contributed by atoms with Crippen molar-refractivity contribution in [3.8, 4) is 0 Å². The third-order valence-corrected chi connectivity index (χ3v) is 4.08. The Kier molecular flexibility index (Phi) is 4.15. The smallest absolute Gasteiger partial charge is 0.337 e. The van der Waals surface area contributed by atoms with E-state index in [-0.39, 0.29) is 11.3 Å². The Morgan fingerprint density at radius 2 is 2.05 bits per heavy atom. The second-order valence-corrected chi connectivity index (χ2v) is 6.39. The average Bonchev–Trinajstić information content (AvgIpc) is 2.75. The van der Waals surface area contributed by atoms with Crippen molar-refractivity contribution in [3.05, 3.63) is 49.5 Å². The molecule has 1 amide bonds. The van der Waals surface area contributed by atoms with Crippen LogP contribution in [0, 0.1) is 8.70 Å². The highest BCUT2D eigenvalue weighted by molar-refractivity contribution is 14.1. The fraction of sp³-hybridized carbons (Fsp3) is 0. The van der Waals surface area contributed by atoms with Gasteiger partial charge in [-0.1, -0.05) is 0 Å². The van der Waals surface area contributed by atoms with E-state index in [1.54, 1.807) is 11.4 Å². The number of carbonyl (C=O) groups is 2. The molecule has 0 atom stereocenters. The molecule has 0 unspecified atom stereocenters.